The molecule has 0 unspecified atom stereocenters. The fourth-order valence-electron chi connectivity index (χ4n) is 2.89. The molecule has 7 nitrogen and oxygen atoms in total. The van der Waals surface area contributed by atoms with E-state index >= 15 is 0 Å². The van der Waals surface area contributed by atoms with Gasteiger partial charge >= 0.3 is 5.97 Å². The van der Waals surface area contributed by atoms with E-state index in [0.29, 0.717) is 37.8 Å². The van der Waals surface area contributed by atoms with Crippen molar-refractivity contribution in [1.29, 1.82) is 0 Å². The second kappa shape index (κ2) is 8.94. The number of carboxylic acid groups (broad SMARTS) is 1. The summed E-state index contributed by atoms with van der Waals surface area (Å²) in [7, 11) is -2.38. The molecule has 1 aliphatic heterocycles. The van der Waals surface area contributed by atoms with Crippen LogP contribution in [0.15, 0.2) is 11.2 Å². The Morgan fingerprint density at radius 3 is 2.07 bits per heavy atom. The fourth-order valence-corrected chi connectivity index (χ4v) is 4.41. The lowest BCUT2D eigenvalue weighted by Gasteiger charge is -2.33. The Bertz CT molecular complexity index is 683. The van der Waals surface area contributed by atoms with Gasteiger partial charge in [-0.2, -0.15) is 0 Å². The number of H-pyrrole nitrogens is 1. The number of aliphatic imine (C=N–C) groups is 1. The summed E-state index contributed by atoms with van der Waals surface area (Å²) >= 11 is 0. The van der Waals surface area contributed by atoms with Gasteiger partial charge in [0.2, 0.25) is 0 Å². The molecule has 1 aromatic heterocycles. The standard InChI is InChI=1S/C19H35N3O4Si2/c1-27(2,3)9-7-25-12-19(13-26-8-10-28(4,5)6)17-16(21-14-22-19)15(11-20-17)18(23)24/h11,14,20H,7-10,12-13H2,1-6H3,(H,21,22)(H,23,24). The summed E-state index contributed by atoms with van der Waals surface area (Å²) in [6, 6.07) is 2.14. The molecule has 3 N–H and O–H groups in total. The summed E-state index contributed by atoms with van der Waals surface area (Å²) in [6.45, 7) is 16.0. The van der Waals surface area contributed by atoms with E-state index in [1.54, 1.807) is 6.34 Å². The third-order valence-electron chi connectivity index (χ3n) is 4.77. The zero-order valence-corrected chi connectivity index (χ0v) is 20.0. The molecule has 2 rings (SSSR count). The number of aromatic amines is 1. The Kier molecular flexibility index (Phi) is 7.29. The Hall–Kier alpha value is -1.43. The average Bonchev–Trinajstić information content (AvgIpc) is 3.00. The highest BCUT2D eigenvalue weighted by atomic mass is 28.3. The van der Waals surface area contributed by atoms with Gasteiger partial charge in [0, 0.05) is 35.6 Å². The van der Waals surface area contributed by atoms with Gasteiger partial charge in [-0.1, -0.05) is 39.3 Å². The third-order valence-corrected chi connectivity index (χ3v) is 8.18. The second-order valence-electron chi connectivity index (χ2n) is 9.92. The maximum Gasteiger partial charge on any atom is 0.339 e. The van der Waals surface area contributed by atoms with Crippen molar-refractivity contribution in [2.75, 3.05) is 31.7 Å². The van der Waals surface area contributed by atoms with Crippen molar-refractivity contribution < 1.29 is 19.4 Å². The van der Waals surface area contributed by atoms with Crippen LogP contribution in [-0.2, 0) is 15.0 Å². The largest absolute Gasteiger partial charge is 0.478 e. The quantitative estimate of drug-likeness (QED) is 0.367. The molecule has 0 radical (unpaired) electrons. The van der Waals surface area contributed by atoms with Crippen LogP contribution in [0.1, 0.15) is 16.1 Å². The van der Waals surface area contributed by atoms with E-state index in [2.05, 4.69) is 54.6 Å². The zero-order chi connectivity index (χ0) is 21.0. The monoisotopic (exact) mass is 425 g/mol. The maximum atomic E-state index is 11.5. The Labute approximate surface area is 169 Å². The first-order valence-electron chi connectivity index (χ1n) is 9.84. The zero-order valence-electron chi connectivity index (χ0n) is 18.0. The molecule has 9 heteroatoms. The molecule has 1 aliphatic rings. The summed E-state index contributed by atoms with van der Waals surface area (Å²) in [5.74, 6) is -0.978. The van der Waals surface area contributed by atoms with Crippen LogP contribution >= 0.6 is 0 Å². The first-order valence-corrected chi connectivity index (χ1v) is 17.3. The number of carbonyl (C=O) groups is 1. The minimum absolute atomic E-state index is 0.203. The number of aromatic nitrogens is 1. The SMILES string of the molecule is C[Si](C)(C)CCOCC1(COCC[Si](C)(C)C)N=CNc2c(C(=O)O)c[nH]c21. The Morgan fingerprint density at radius 2 is 1.61 bits per heavy atom. The lowest BCUT2D eigenvalue weighted by molar-refractivity contribution is 0.0281. The number of hydrogen-bond acceptors (Lipinski definition) is 5. The van der Waals surface area contributed by atoms with E-state index < -0.39 is 27.7 Å². The lowest BCUT2D eigenvalue weighted by atomic mass is 9.95. The first-order chi connectivity index (χ1) is 12.9. The number of fused-ring (bicyclic) bond motifs is 1. The Balaban J connectivity index is 2.16. The van der Waals surface area contributed by atoms with Crippen LogP contribution in [0.4, 0.5) is 5.69 Å². The molecule has 0 bridgehead atoms. The van der Waals surface area contributed by atoms with Gasteiger partial charge < -0.3 is 24.9 Å². The van der Waals surface area contributed by atoms with Crippen LogP contribution in [-0.4, -0.2) is 65.0 Å². The normalized spacial score (nSPS) is 15.9. The summed E-state index contributed by atoms with van der Waals surface area (Å²) in [5, 5.41) is 12.4. The molecule has 1 aromatic rings. The predicted molar refractivity (Wildman–Crippen MR) is 119 cm³/mol. The second-order valence-corrected chi connectivity index (χ2v) is 21.2. The van der Waals surface area contributed by atoms with Gasteiger partial charge in [-0.05, 0) is 12.1 Å². The molecule has 0 aromatic carbocycles. The van der Waals surface area contributed by atoms with E-state index in [4.69, 9.17) is 9.47 Å². The molecule has 0 fully saturated rings. The number of carboxylic acids is 1. The summed E-state index contributed by atoms with van der Waals surface area (Å²) in [5.41, 5.74) is 0.709. The van der Waals surface area contributed by atoms with Crippen LogP contribution < -0.4 is 5.32 Å². The van der Waals surface area contributed by atoms with Gasteiger partial charge in [-0.3, -0.25) is 4.99 Å². The summed E-state index contributed by atoms with van der Waals surface area (Å²) in [6.07, 6.45) is 3.07. The molecule has 0 atom stereocenters. The third kappa shape index (κ3) is 6.30. The lowest BCUT2D eigenvalue weighted by Crippen LogP contribution is -2.40. The molecule has 0 amide bonds. The van der Waals surface area contributed by atoms with Gasteiger partial charge in [0.05, 0.1) is 30.9 Å². The molecule has 0 saturated heterocycles. The number of hydrogen-bond donors (Lipinski definition) is 3. The highest BCUT2D eigenvalue weighted by molar-refractivity contribution is 6.76. The topological polar surface area (TPSA) is 95.9 Å². The molecule has 28 heavy (non-hydrogen) atoms. The number of rotatable bonds is 11. The van der Waals surface area contributed by atoms with Crippen molar-refractivity contribution in [3.63, 3.8) is 0 Å². The molecule has 158 valence electrons. The molecular weight excluding hydrogens is 390 g/mol. The number of aromatic carboxylic acids is 1. The van der Waals surface area contributed by atoms with Crippen LogP contribution in [0.3, 0.4) is 0 Å². The van der Waals surface area contributed by atoms with E-state index in [9.17, 15) is 9.90 Å². The minimum Gasteiger partial charge on any atom is -0.478 e. The van der Waals surface area contributed by atoms with Crippen LogP contribution in [0.2, 0.25) is 51.4 Å². The maximum absolute atomic E-state index is 11.5. The van der Waals surface area contributed by atoms with Gasteiger partial charge in [-0.25, -0.2) is 4.79 Å². The van der Waals surface area contributed by atoms with Crippen molar-refractivity contribution in [3.05, 3.63) is 17.5 Å². The van der Waals surface area contributed by atoms with Gasteiger partial charge in [0.1, 0.15) is 5.56 Å². The van der Waals surface area contributed by atoms with Gasteiger partial charge in [0.15, 0.2) is 5.54 Å². The van der Waals surface area contributed by atoms with E-state index in [1.807, 2.05) is 0 Å². The predicted octanol–water partition coefficient (Wildman–Crippen LogP) is 4.07. The highest BCUT2D eigenvalue weighted by Gasteiger charge is 2.40. The van der Waals surface area contributed by atoms with Crippen molar-refractivity contribution >= 4 is 34.1 Å². The van der Waals surface area contributed by atoms with Crippen LogP contribution in [0.5, 0.6) is 0 Å². The van der Waals surface area contributed by atoms with Gasteiger partial charge in [-0.15, -0.1) is 0 Å². The first kappa shape index (κ1) is 22.9. The van der Waals surface area contributed by atoms with Crippen LogP contribution in [0, 0.1) is 0 Å². The van der Waals surface area contributed by atoms with Crippen molar-refractivity contribution in [2.24, 2.45) is 4.99 Å². The van der Waals surface area contributed by atoms with E-state index in [-0.39, 0.29) is 5.56 Å². The Morgan fingerprint density at radius 1 is 1.07 bits per heavy atom. The van der Waals surface area contributed by atoms with Crippen molar-refractivity contribution in [1.82, 2.24) is 4.98 Å². The molecular formula is C19H35N3O4Si2. The average molecular weight is 426 g/mol. The number of nitrogens with one attached hydrogen (secondary N) is 2. The minimum atomic E-state index is -1.19. The smallest absolute Gasteiger partial charge is 0.339 e. The number of nitrogens with zero attached hydrogens (tertiary/aromatic N) is 1. The molecule has 0 saturated carbocycles. The van der Waals surface area contributed by atoms with Crippen LogP contribution in [0.25, 0.3) is 0 Å². The number of anilines is 1. The molecule has 2 heterocycles. The van der Waals surface area contributed by atoms with E-state index in [1.165, 1.54) is 6.20 Å². The summed E-state index contributed by atoms with van der Waals surface area (Å²) in [4.78, 5) is 19.3. The highest BCUT2D eigenvalue weighted by Crippen LogP contribution is 2.37. The molecule has 0 aliphatic carbocycles. The fraction of sp³-hybridized carbons (Fsp3) is 0.684. The molecule has 0 spiro atoms. The summed E-state index contributed by atoms with van der Waals surface area (Å²) < 4.78 is 12.1. The number of ether oxygens (including phenoxy) is 2. The van der Waals surface area contributed by atoms with Gasteiger partial charge in [0.25, 0.3) is 0 Å². The van der Waals surface area contributed by atoms with Crippen molar-refractivity contribution in [2.45, 2.75) is 56.9 Å². The van der Waals surface area contributed by atoms with E-state index in [0.717, 1.165) is 12.1 Å². The van der Waals surface area contributed by atoms with Crippen molar-refractivity contribution in [3.8, 4) is 0 Å².